The van der Waals surface area contributed by atoms with E-state index in [1.54, 1.807) is 0 Å². The quantitative estimate of drug-likeness (QED) is 0.303. The first-order valence-corrected chi connectivity index (χ1v) is 6.24. The van der Waals surface area contributed by atoms with Gasteiger partial charge in [-0.25, -0.2) is 0 Å². The largest absolute Gasteiger partial charge is 0.343 e. The fourth-order valence-corrected chi connectivity index (χ4v) is 1.85. The second-order valence-electron chi connectivity index (χ2n) is 2.01. The molecule has 0 saturated carbocycles. The molecule has 2 N–H and O–H groups in total. The molecule has 0 spiro atoms. The highest BCUT2D eigenvalue weighted by molar-refractivity contribution is 8.76. The Kier molecular flexibility index (Phi) is 8.16. The van der Waals surface area contributed by atoms with E-state index >= 15 is 0 Å². The van der Waals surface area contributed by atoms with Crippen LogP contribution in [0.15, 0.2) is 25.3 Å². The van der Waals surface area contributed by atoms with Crippen molar-refractivity contribution in [2.24, 2.45) is 0 Å². The number of carbonyl (C=O) groups excluding carboxylic acids is 2. The standard InChI is InChI=1S/C8H12N2O2S2.2H2/c1-3-7(11)9-5-13-14-6-10-8(12)4-2;;/h3-4H,1-2,5-6H2,(H,9,11)(H,10,12);2*1H. The predicted octanol–water partition coefficient (Wildman–Crippen LogP) is 1.38. The summed E-state index contributed by atoms with van der Waals surface area (Å²) in [6, 6.07) is 0. The number of hydrogen-bond donors (Lipinski definition) is 2. The van der Waals surface area contributed by atoms with Crippen LogP contribution in [0.5, 0.6) is 0 Å². The van der Waals surface area contributed by atoms with E-state index in [1.165, 1.54) is 33.7 Å². The van der Waals surface area contributed by atoms with E-state index in [0.717, 1.165) is 0 Å². The van der Waals surface area contributed by atoms with Crippen molar-refractivity contribution in [3.05, 3.63) is 25.3 Å². The Balaban J connectivity index is -0.000000845. The van der Waals surface area contributed by atoms with E-state index in [4.69, 9.17) is 0 Å². The number of hydrogen-bond acceptors (Lipinski definition) is 4. The third-order valence-corrected chi connectivity index (χ3v) is 2.96. The van der Waals surface area contributed by atoms with Crippen molar-refractivity contribution in [3.63, 3.8) is 0 Å². The Labute approximate surface area is 94.0 Å². The average Bonchev–Trinajstić information content (AvgIpc) is 2.22. The molecule has 0 aromatic rings. The zero-order valence-corrected chi connectivity index (χ0v) is 9.25. The predicted molar refractivity (Wildman–Crippen MR) is 65.8 cm³/mol. The Bertz CT molecular complexity index is 216. The molecule has 0 saturated heterocycles. The normalized spacial score (nSPS) is 8.86. The summed E-state index contributed by atoms with van der Waals surface area (Å²) >= 11 is 0. The summed E-state index contributed by atoms with van der Waals surface area (Å²) in [7, 11) is 2.87. The minimum atomic E-state index is -0.201. The maximum Gasteiger partial charge on any atom is 0.244 e. The summed E-state index contributed by atoms with van der Waals surface area (Å²) in [4.78, 5) is 21.3. The summed E-state index contributed by atoms with van der Waals surface area (Å²) in [6.45, 7) is 6.63. The third-order valence-electron chi connectivity index (χ3n) is 1.06. The van der Waals surface area contributed by atoms with Gasteiger partial charge in [0.25, 0.3) is 0 Å². The molecule has 0 aliphatic heterocycles. The van der Waals surface area contributed by atoms with Gasteiger partial charge in [-0.3, -0.25) is 9.59 Å². The smallest absolute Gasteiger partial charge is 0.244 e. The van der Waals surface area contributed by atoms with Crippen molar-refractivity contribution < 1.29 is 12.4 Å². The van der Waals surface area contributed by atoms with Gasteiger partial charge in [-0.15, -0.1) is 0 Å². The van der Waals surface area contributed by atoms with E-state index in [9.17, 15) is 9.59 Å². The zero-order chi connectivity index (χ0) is 10.8. The molecule has 0 heterocycles. The molecule has 0 aliphatic carbocycles. The lowest BCUT2D eigenvalue weighted by Gasteiger charge is -2.02. The monoisotopic (exact) mass is 236 g/mol. The molecule has 0 atom stereocenters. The van der Waals surface area contributed by atoms with Crippen molar-refractivity contribution in [2.45, 2.75) is 0 Å². The van der Waals surface area contributed by atoms with Gasteiger partial charge in [-0.2, -0.15) is 0 Å². The molecule has 4 nitrogen and oxygen atoms in total. The van der Waals surface area contributed by atoms with Crippen molar-refractivity contribution >= 4 is 33.4 Å². The van der Waals surface area contributed by atoms with Crippen LogP contribution >= 0.6 is 21.6 Å². The Morgan fingerprint density at radius 2 is 1.43 bits per heavy atom. The first kappa shape index (κ1) is 13.1. The highest BCUT2D eigenvalue weighted by Gasteiger charge is 1.95. The van der Waals surface area contributed by atoms with Gasteiger partial charge in [0.2, 0.25) is 11.8 Å². The van der Waals surface area contributed by atoms with Gasteiger partial charge >= 0.3 is 0 Å². The molecule has 0 radical (unpaired) electrons. The Morgan fingerprint density at radius 1 is 1.07 bits per heavy atom. The zero-order valence-electron chi connectivity index (χ0n) is 7.62. The van der Waals surface area contributed by atoms with E-state index in [2.05, 4.69) is 23.8 Å². The first-order valence-electron chi connectivity index (χ1n) is 3.75. The van der Waals surface area contributed by atoms with Crippen LogP contribution in [-0.4, -0.2) is 23.6 Å². The highest BCUT2D eigenvalue weighted by Crippen LogP contribution is 2.17. The highest BCUT2D eigenvalue weighted by atomic mass is 33.1. The summed E-state index contributed by atoms with van der Waals surface area (Å²) in [5.41, 5.74) is 0. The SMILES string of the molecule is C=CC(=O)NCSSCNC(=O)C=C.[HH].[HH]. The summed E-state index contributed by atoms with van der Waals surface area (Å²) in [5.74, 6) is 0.570. The number of rotatable bonds is 7. The molecule has 2 amide bonds. The molecule has 0 aromatic carbocycles. The average molecular weight is 236 g/mol. The van der Waals surface area contributed by atoms with Gasteiger partial charge in [0.1, 0.15) is 0 Å². The second-order valence-corrected chi connectivity index (χ2v) is 4.48. The van der Waals surface area contributed by atoms with Crippen molar-refractivity contribution in [1.29, 1.82) is 0 Å². The van der Waals surface area contributed by atoms with Crippen LogP contribution in [0.2, 0.25) is 0 Å². The number of amides is 2. The fourth-order valence-electron chi connectivity index (χ4n) is 0.429. The van der Waals surface area contributed by atoms with Crippen LogP contribution in [0, 0.1) is 0 Å². The van der Waals surface area contributed by atoms with E-state index in [0.29, 0.717) is 11.8 Å². The molecule has 0 bridgehead atoms. The molecule has 0 rings (SSSR count). The van der Waals surface area contributed by atoms with Gasteiger partial charge in [0.05, 0.1) is 11.8 Å². The minimum absolute atomic E-state index is 0. The van der Waals surface area contributed by atoms with Crippen LogP contribution in [0.4, 0.5) is 0 Å². The van der Waals surface area contributed by atoms with E-state index in [1.807, 2.05) is 0 Å². The van der Waals surface area contributed by atoms with E-state index < -0.39 is 0 Å². The van der Waals surface area contributed by atoms with Crippen LogP contribution in [-0.2, 0) is 9.59 Å². The molecule has 6 heteroatoms. The summed E-state index contributed by atoms with van der Waals surface area (Å²) < 4.78 is 0. The van der Waals surface area contributed by atoms with Gasteiger partial charge in [-0.05, 0) is 12.2 Å². The number of carbonyl (C=O) groups is 2. The van der Waals surface area contributed by atoms with Gasteiger partial charge in [0.15, 0.2) is 0 Å². The molecule has 14 heavy (non-hydrogen) atoms. The lowest BCUT2D eigenvalue weighted by Crippen LogP contribution is -2.21. The van der Waals surface area contributed by atoms with Crippen molar-refractivity contribution in [2.75, 3.05) is 11.8 Å². The molecule has 0 aromatic heterocycles. The fraction of sp³-hybridized carbons (Fsp3) is 0.250. The van der Waals surface area contributed by atoms with E-state index in [-0.39, 0.29) is 14.7 Å². The topological polar surface area (TPSA) is 58.2 Å². The number of nitrogens with one attached hydrogen (secondary N) is 2. The van der Waals surface area contributed by atoms with Crippen molar-refractivity contribution in [1.82, 2.24) is 10.6 Å². The maximum absolute atomic E-state index is 10.7. The molecule has 0 aliphatic rings. The Morgan fingerprint density at radius 3 is 1.71 bits per heavy atom. The molecular formula is C8H16N2O2S2. The van der Waals surface area contributed by atoms with Crippen LogP contribution in [0.25, 0.3) is 0 Å². The van der Waals surface area contributed by atoms with Crippen LogP contribution in [0.3, 0.4) is 0 Å². The Hall–Kier alpha value is -0.880. The van der Waals surface area contributed by atoms with Gasteiger partial charge < -0.3 is 10.6 Å². The lowest BCUT2D eigenvalue weighted by molar-refractivity contribution is -0.116. The van der Waals surface area contributed by atoms with Gasteiger partial charge in [0, 0.05) is 2.85 Å². The first-order chi connectivity index (χ1) is 6.70. The molecule has 0 fully saturated rings. The van der Waals surface area contributed by atoms with Crippen LogP contribution < -0.4 is 10.6 Å². The van der Waals surface area contributed by atoms with Crippen LogP contribution in [0.1, 0.15) is 2.85 Å². The van der Waals surface area contributed by atoms with Crippen molar-refractivity contribution in [3.8, 4) is 0 Å². The maximum atomic E-state index is 10.7. The molecular weight excluding hydrogens is 220 g/mol. The molecule has 82 valence electrons. The summed E-state index contributed by atoms with van der Waals surface area (Å²) in [6.07, 6.45) is 2.43. The molecule has 0 unspecified atom stereocenters. The lowest BCUT2D eigenvalue weighted by atomic mass is 10.6. The van der Waals surface area contributed by atoms with Gasteiger partial charge in [-0.1, -0.05) is 34.7 Å². The second kappa shape index (κ2) is 8.71. The minimum Gasteiger partial charge on any atom is -0.343 e. The summed E-state index contributed by atoms with van der Waals surface area (Å²) in [5, 5.41) is 5.17. The third kappa shape index (κ3) is 7.75.